The van der Waals surface area contributed by atoms with Gasteiger partial charge in [-0.3, -0.25) is 4.21 Å². The molecule has 2 unspecified atom stereocenters. The first-order chi connectivity index (χ1) is 9.43. The minimum absolute atomic E-state index is 0.292. The van der Waals surface area contributed by atoms with Crippen LogP contribution < -0.4 is 0 Å². The van der Waals surface area contributed by atoms with Crippen LogP contribution in [-0.2, 0) is 17.3 Å². The van der Waals surface area contributed by atoms with Gasteiger partial charge in [-0.1, -0.05) is 6.92 Å². The Morgan fingerprint density at radius 2 is 2.25 bits per heavy atom. The van der Waals surface area contributed by atoms with Crippen LogP contribution in [0.5, 0.6) is 0 Å². The van der Waals surface area contributed by atoms with E-state index in [1.54, 1.807) is 6.07 Å². The van der Waals surface area contributed by atoms with Gasteiger partial charge < -0.3 is 4.57 Å². The molecular weight excluding hydrogens is 367 g/mol. The highest BCUT2D eigenvalue weighted by Gasteiger charge is 2.17. The third kappa shape index (κ3) is 3.23. The van der Waals surface area contributed by atoms with Crippen molar-refractivity contribution in [3.8, 4) is 0 Å². The highest BCUT2D eigenvalue weighted by molar-refractivity contribution is 9.10. The number of rotatable bonds is 5. The standard InChI is InChI=1S/C13H15BrClFN2OS/c1-3-20(19)5-4-18-12-6-9(14)10(16)7-11(12)17-13(18)8(2)15/h6-8H,3-5H2,1-2H3. The van der Waals surface area contributed by atoms with Crippen molar-refractivity contribution < 1.29 is 8.60 Å². The van der Waals surface area contributed by atoms with Crippen molar-refractivity contribution in [1.29, 1.82) is 0 Å². The molecule has 0 fully saturated rings. The van der Waals surface area contributed by atoms with E-state index in [1.807, 2.05) is 18.4 Å². The number of nitrogens with zero attached hydrogens (tertiary/aromatic N) is 2. The van der Waals surface area contributed by atoms with Crippen LogP contribution in [0.25, 0.3) is 11.0 Å². The monoisotopic (exact) mass is 380 g/mol. The van der Waals surface area contributed by atoms with Crippen LogP contribution in [-0.4, -0.2) is 25.3 Å². The van der Waals surface area contributed by atoms with Crippen LogP contribution in [0.1, 0.15) is 25.0 Å². The Labute approximate surface area is 133 Å². The molecule has 0 saturated heterocycles. The number of imidazole rings is 1. The van der Waals surface area contributed by atoms with E-state index in [0.717, 1.165) is 5.52 Å². The zero-order chi connectivity index (χ0) is 14.9. The minimum Gasteiger partial charge on any atom is -0.326 e. The van der Waals surface area contributed by atoms with Gasteiger partial charge in [0.15, 0.2) is 0 Å². The van der Waals surface area contributed by atoms with Gasteiger partial charge in [0.2, 0.25) is 0 Å². The summed E-state index contributed by atoms with van der Waals surface area (Å²) in [6.45, 7) is 4.27. The fraction of sp³-hybridized carbons (Fsp3) is 0.462. The summed E-state index contributed by atoms with van der Waals surface area (Å²) in [7, 11) is -0.863. The number of aromatic nitrogens is 2. The first-order valence-electron chi connectivity index (χ1n) is 6.28. The second-order valence-electron chi connectivity index (χ2n) is 4.43. The van der Waals surface area contributed by atoms with Crippen molar-refractivity contribution in [2.75, 3.05) is 11.5 Å². The molecule has 1 aromatic heterocycles. The minimum atomic E-state index is -0.863. The summed E-state index contributed by atoms with van der Waals surface area (Å²) in [6.07, 6.45) is 0. The van der Waals surface area contributed by atoms with E-state index in [0.29, 0.717) is 33.9 Å². The van der Waals surface area contributed by atoms with E-state index in [9.17, 15) is 8.60 Å². The number of fused-ring (bicyclic) bond motifs is 1. The third-order valence-electron chi connectivity index (χ3n) is 3.04. The summed E-state index contributed by atoms with van der Waals surface area (Å²) in [6, 6.07) is 3.07. The van der Waals surface area contributed by atoms with Gasteiger partial charge in [0.25, 0.3) is 0 Å². The molecule has 0 spiro atoms. The average molecular weight is 382 g/mol. The quantitative estimate of drug-likeness (QED) is 0.734. The first kappa shape index (κ1) is 15.9. The van der Waals surface area contributed by atoms with E-state index in [-0.39, 0.29) is 11.2 Å². The number of halogens is 3. The fourth-order valence-electron chi connectivity index (χ4n) is 2.01. The van der Waals surface area contributed by atoms with E-state index < -0.39 is 10.8 Å². The molecule has 20 heavy (non-hydrogen) atoms. The molecule has 0 aliphatic rings. The van der Waals surface area contributed by atoms with Crippen LogP contribution >= 0.6 is 27.5 Å². The Kier molecular flexibility index (Phi) is 5.20. The van der Waals surface area contributed by atoms with Crippen LogP contribution in [0, 0.1) is 5.82 Å². The molecule has 2 aromatic rings. The summed E-state index contributed by atoms with van der Waals surface area (Å²) < 4.78 is 27.5. The van der Waals surface area contributed by atoms with Crippen LogP contribution in [0.15, 0.2) is 16.6 Å². The normalized spacial score (nSPS) is 14.7. The van der Waals surface area contributed by atoms with Crippen molar-refractivity contribution in [1.82, 2.24) is 9.55 Å². The molecule has 3 nitrogen and oxygen atoms in total. The number of hydrogen-bond acceptors (Lipinski definition) is 2. The SMILES string of the molecule is CCS(=O)CCn1c(C(C)Cl)nc2cc(F)c(Br)cc21. The molecular formula is C13H15BrClFN2OS. The summed E-state index contributed by atoms with van der Waals surface area (Å²) in [5, 5.41) is -0.292. The molecule has 1 heterocycles. The molecule has 110 valence electrons. The molecule has 0 aliphatic heterocycles. The Hall–Kier alpha value is -0.460. The third-order valence-corrected chi connectivity index (χ3v) is 5.12. The van der Waals surface area contributed by atoms with Gasteiger partial charge in [-0.25, -0.2) is 9.37 Å². The predicted molar refractivity (Wildman–Crippen MR) is 85.2 cm³/mol. The van der Waals surface area contributed by atoms with Gasteiger partial charge in [0.05, 0.1) is 20.9 Å². The maximum absolute atomic E-state index is 13.6. The molecule has 7 heteroatoms. The summed E-state index contributed by atoms with van der Waals surface area (Å²) in [5.74, 6) is 1.48. The molecule has 0 radical (unpaired) electrons. The lowest BCUT2D eigenvalue weighted by Gasteiger charge is -2.10. The second-order valence-corrected chi connectivity index (χ2v) is 7.80. The van der Waals surface area contributed by atoms with E-state index in [1.165, 1.54) is 6.07 Å². The largest absolute Gasteiger partial charge is 0.326 e. The molecule has 1 aromatic carbocycles. The lowest BCUT2D eigenvalue weighted by Crippen LogP contribution is -2.12. The van der Waals surface area contributed by atoms with Crippen LogP contribution in [0.2, 0.25) is 0 Å². The van der Waals surface area contributed by atoms with Crippen molar-refractivity contribution >= 4 is 49.4 Å². The van der Waals surface area contributed by atoms with Crippen LogP contribution in [0.3, 0.4) is 0 Å². The van der Waals surface area contributed by atoms with Gasteiger partial charge in [0, 0.05) is 34.9 Å². The number of aryl methyl sites for hydroxylation is 1. The molecule has 2 rings (SSSR count). The second kappa shape index (κ2) is 6.54. The molecule has 0 aliphatic carbocycles. The summed E-state index contributed by atoms with van der Waals surface area (Å²) in [5.41, 5.74) is 1.37. The Balaban J connectivity index is 2.50. The number of benzene rings is 1. The zero-order valence-electron chi connectivity index (χ0n) is 11.2. The Morgan fingerprint density at radius 1 is 1.55 bits per heavy atom. The van der Waals surface area contributed by atoms with Gasteiger partial charge in [-0.2, -0.15) is 0 Å². The molecule has 2 atom stereocenters. The Bertz CT molecular complexity index is 659. The molecule has 0 N–H and O–H groups in total. The molecule has 0 amide bonds. The summed E-state index contributed by atoms with van der Waals surface area (Å²) >= 11 is 9.33. The summed E-state index contributed by atoms with van der Waals surface area (Å²) in [4.78, 5) is 4.39. The lowest BCUT2D eigenvalue weighted by atomic mass is 10.3. The van der Waals surface area contributed by atoms with E-state index in [2.05, 4.69) is 20.9 Å². The maximum Gasteiger partial charge on any atom is 0.139 e. The molecule has 0 bridgehead atoms. The smallest absolute Gasteiger partial charge is 0.139 e. The van der Waals surface area contributed by atoms with Crippen molar-refractivity contribution in [3.63, 3.8) is 0 Å². The maximum atomic E-state index is 13.6. The predicted octanol–water partition coefficient (Wildman–Crippen LogP) is 4.01. The average Bonchev–Trinajstić information content (AvgIpc) is 2.74. The number of alkyl halides is 1. The zero-order valence-corrected chi connectivity index (χ0v) is 14.4. The van der Waals surface area contributed by atoms with Gasteiger partial charge >= 0.3 is 0 Å². The van der Waals surface area contributed by atoms with Gasteiger partial charge in [-0.05, 0) is 28.9 Å². The highest BCUT2D eigenvalue weighted by Crippen LogP contribution is 2.28. The first-order valence-corrected chi connectivity index (χ1v) is 9.00. The topological polar surface area (TPSA) is 34.9 Å². The van der Waals surface area contributed by atoms with Crippen molar-refractivity contribution in [2.24, 2.45) is 0 Å². The van der Waals surface area contributed by atoms with Gasteiger partial charge in [-0.15, -0.1) is 11.6 Å². The van der Waals surface area contributed by atoms with E-state index in [4.69, 9.17) is 11.6 Å². The number of hydrogen-bond donors (Lipinski definition) is 0. The van der Waals surface area contributed by atoms with Crippen LogP contribution in [0.4, 0.5) is 4.39 Å². The van der Waals surface area contributed by atoms with Crippen molar-refractivity contribution in [3.05, 3.63) is 28.2 Å². The van der Waals surface area contributed by atoms with E-state index >= 15 is 0 Å². The van der Waals surface area contributed by atoms with Crippen molar-refractivity contribution in [2.45, 2.75) is 25.8 Å². The highest BCUT2D eigenvalue weighted by atomic mass is 79.9. The van der Waals surface area contributed by atoms with Gasteiger partial charge in [0.1, 0.15) is 11.6 Å². The Morgan fingerprint density at radius 3 is 2.85 bits per heavy atom. The fourth-order valence-corrected chi connectivity index (χ4v) is 3.19. The molecule has 0 saturated carbocycles. The lowest BCUT2D eigenvalue weighted by molar-refractivity contribution is 0.622.